The highest BCUT2D eigenvalue weighted by Gasteiger charge is 2.39. The van der Waals surface area contributed by atoms with Crippen LogP contribution in [0.4, 0.5) is 0 Å². The number of rotatable bonds is 8. The minimum Gasteiger partial charge on any atom is -0.395 e. The molecule has 0 aromatic carbocycles. The average molecular weight is 272 g/mol. The van der Waals surface area contributed by atoms with Gasteiger partial charge in [0.25, 0.3) is 0 Å². The fourth-order valence-electron chi connectivity index (χ4n) is 2.88. The lowest BCUT2D eigenvalue weighted by Gasteiger charge is -2.29. The van der Waals surface area contributed by atoms with E-state index in [1.165, 1.54) is 12.8 Å². The second-order valence-electron chi connectivity index (χ2n) is 5.38. The molecule has 5 nitrogen and oxygen atoms in total. The molecule has 5 heteroatoms. The van der Waals surface area contributed by atoms with E-state index in [4.69, 9.17) is 0 Å². The number of unbranched alkanes of at least 4 members (excludes halogenated alkanes) is 3. The lowest BCUT2D eigenvalue weighted by atomic mass is 10.1. The maximum atomic E-state index is 11.5. The van der Waals surface area contributed by atoms with Crippen molar-refractivity contribution in [2.75, 3.05) is 20.2 Å². The van der Waals surface area contributed by atoms with Crippen molar-refractivity contribution in [2.45, 2.75) is 63.6 Å². The first-order chi connectivity index (χ1) is 9.13. The Balaban J connectivity index is 2.53. The largest absolute Gasteiger partial charge is 0.395 e. The SMILES string of the molecule is CCCCCCN1[C@H](CC(=O)NC)C[C@H](O)[C@H]1CO. The average Bonchev–Trinajstić information content (AvgIpc) is 2.69. The number of nitrogens with one attached hydrogen (secondary N) is 1. The zero-order valence-corrected chi connectivity index (χ0v) is 12.1. The van der Waals surface area contributed by atoms with Gasteiger partial charge in [-0.2, -0.15) is 0 Å². The molecular formula is C14H28N2O3. The molecule has 0 aromatic heterocycles. The van der Waals surface area contributed by atoms with E-state index < -0.39 is 6.10 Å². The molecule has 112 valence electrons. The van der Waals surface area contributed by atoms with Gasteiger partial charge in [0.15, 0.2) is 0 Å². The molecule has 19 heavy (non-hydrogen) atoms. The van der Waals surface area contributed by atoms with E-state index in [0.717, 1.165) is 19.4 Å². The molecule has 0 saturated carbocycles. The predicted octanol–water partition coefficient (Wildman–Crippen LogP) is 0.499. The molecule has 1 rings (SSSR count). The van der Waals surface area contributed by atoms with Gasteiger partial charge in [0.1, 0.15) is 0 Å². The summed E-state index contributed by atoms with van der Waals surface area (Å²) < 4.78 is 0. The molecule has 1 amide bonds. The van der Waals surface area contributed by atoms with Gasteiger partial charge < -0.3 is 15.5 Å². The maximum Gasteiger partial charge on any atom is 0.221 e. The number of aliphatic hydroxyl groups is 2. The standard InChI is InChI=1S/C14H28N2O3/c1-3-4-5-6-7-16-11(9-14(19)15-2)8-13(18)12(16)10-17/h11-13,17-18H,3-10H2,1-2H3,(H,15,19)/t11-,12+,13-/m0/s1. The summed E-state index contributed by atoms with van der Waals surface area (Å²) in [5.41, 5.74) is 0. The zero-order valence-electron chi connectivity index (χ0n) is 12.1. The number of amides is 1. The first-order valence-corrected chi connectivity index (χ1v) is 7.39. The van der Waals surface area contributed by atoms with Gasteiger partial charge in [0.05, 0.1) is 18.8 Å². The molecule has 0 aromatic rings. The fourth-order valence-corrected chi connectivity index (χ4v) is 2.88. The van der Waals surface area contributed by atoms with Crippen molar-refractivity contribution in [1.29, 1.82) is 0 Å². The summed E-state index contributed by atoms with van der Waals surface area (Å²) in [5, 5.41) is 22.0. The van der Waals surface area contributed by atoms with Crippen molar-refractivity contribution in [3.8, 4) is 0 Å². The van der Waals surface area contributed by atoms with Crippen LogP contribution in [0.15, 0.2) is 0 Å². The van der Waals surface area contributed by atoms with Gasteiger partial charge in [-0.15, -0.1) is 0 Å². The van der Waals surface area contributed by atoms with Crippen LogP contribution < -0.4 is 5.32 Å². The molecule has 1 saturated heterocycles. The summed E-state index contributed by atoms with van der Waals surface area (Å²) in [6, 6.07) is -0.162. The van der Waals surface area contributed by atoms with E-state index in [1.54, 1.807) is 7.05 Å². The maximum absolute atomic E-state index is 11.5. The second-order valence-corrected chi connectivity index (χ2v) is 5.38. The Morgan fingerprint density at radius 3 is 2.68 bits per heavy atom. The van der Waals surface area contributed by atoms with Gasteiger partial charge in [-0.25, -0.2) is 0 Å². The number of hydrogen-bond donors (Lipinski definition) is 3. The Hall–Kier alpha value is -0.650. The van der Waals surface area contributed by atoms with Crippen LogP contribution in [0.25, 0.3) is 0 Å². The minimum atomic E-state index is -0.522. The smallest absolute Gasteiger partial charge is 0.221 e. The van der Waals surface area contributed by atoms with E-state index >= 15 is 0 Å². The van der Waals surface area contributed by atoms with Gasteiger partial charge >= 0.3 is 0 Å². The first kappa shape index (κ1) is 16.4. The molecule has 0 aliphatic carbocycles. The Labute approximate surface area is 116 Å². The molecule has 0 unspecified atom stereocenters. The van der Waals surface area contributed by atoms with Crippen molar-refractivity contribution in [1.82, 2.24) is 10.2 Å². The van der Waals surface area contributed by atoms with E-state index in [9.17, 15) is 15.0 Å². The Morgan fingerprint density at radius 2 is 2.11 bits per heavy atom. The Morgan fingerprint density at radius 1 is 1.37 bits per heavy atom. The molecule has 1 aliphatic rings. The van der Waals surface area contributed by atoms with Crippen LogP contribution in [-0.2, 0) is 4.79 Å². The minimum absolute atomic E-state index is 0.00523. The van der Waals surface area contributed by atoms with Crippen molar-refractivity contribution in [3.63, 3.8) is 0 Å². The van der Waals surface area contributed by atoms with Crippen molar-refractivity contribution < 1.29 is 15.0 Å². The number of carbonyl (C=O) groups excluding carboxylic acids is 1. The van der Waals surface area contributed by atoms with Crippen LogP contribution >= 0.6 is 0 Å². The van der Waals surface area contributed by atoms with Crippen LogP contribution in [0.2, 0.25) is 0 Å². The highest BCUT2D eigenvalue weighted by atomic mass is 16.3. The number of likely N-dealkylation sites (tertiary alicyclic amines) is 1. The molecular weight excluding hydrogens is 244 g/mol. The number of carbonyl (C=O) groups is 1. The van der Waals surface area contributed by atoms with E-state index in [1.807, 2.05) is 0 Å². The quantitative estimate of drug-likeness (QED) is 0.563. The molecule has 1 heterocycles. The summed E-state index contributed by atoms with van der Waals surface area (Å²) in [6.45, 7) is 2.98. The third-order valence-corrected chi connectivity index (χ3v) is 4.01. The van der Waals surface area contributed by atoms with Gasteiger partial charge in [-0.05, 0) is 19.4 Å². The first-order valence-electron chi connectivity index (χ1n) is 7.39. The van der Waals surface area contributed by atoms with Crippen LogP contribution in [0.5, 0.6) is 0 Å². The van der Waals surface area contributed by atoms with Crippen LogP contribution in [0.1, 0.15) is 45.4 Å². The Bertz CT molecular complexity index is 273. The second kappa shape index (κ2) is 8.51. The third-order valence-electron chi connectivity index (χ3n) is 4.01. The van der Waals surface area contributed by atoms with E-state index in [2.05, 4.69) is 17.1 Å². The van der Waals surface area contributed by atoms with E-state index in [-0.39, 0.29) is 24.6 Å². The van der Waals surface area contributed by atoms with Gasteiger partial charge in [-0.1, -0.05) is 26.2 Å². The molecule has 0 bridgehead atoms. The highest BCUT2D eigenvalue weighted by molar-refractivity contribution is 5.76. The predicted molar refractivity (Wildman–Crippen MR) is 74.8 cm³/mol. The van der Waals surface area contributed by atoms with Crippen molar-refractivity contribution in [2.24, 2.45) is 0 Å². The highest BCUT2D eigenvalue weighted by Crippen LogP contribution is 2.27. The van der Waals surface area contributed by atoms with Gasteiger partial charge in [0.2, 0.25) is 5.91 Å². The summed E-state index contributed by atoms with van der Waals surface area (Å²) in [6.07, 6.45) is 5.07. The van der Waals surface area contributed by atoms with Crippen molar-refractivity contribution >= 4 is 5.91 Å². The van der Waals surface area contributed by atoms with Crippen molar-refractivity contribution in [3.05, 3.63) is 0 Å². The van der Waals surface area contributed by atoms with Crippen LogP contribution in [0.3, 0.4) is 0 Å². The molecule has 3 N–H and O–H groups in total. The lowest BCUT2D eigenvalue weighted by Crippen LogP contribution is -2.43. The van der Waals surface area contributed by atoms with Gasteiger partial charge in [-0.3, -0.25) is 9.69 Å². The molecule has 1 fully saturated rings. The number of nitrogens with zero attached hydrogens (tertiary/aromatic N) is 1. The summed E-state index contributed by atoms with van der Waals surface area (Å²) in [7, 11) is 1.63. The topological polar surface area (TPSA) is 72.8 Å². The summed E-state index contributed by atoms with van der Waals surface area (Å²) in [4.78, 5) is 13.6. The Kier molecular flexibility index (Phi) is 7.34. The normalized spacial score (nSPS) is 27.7. The molecule has 1 aliphatic heterocycles. The fraction of sp³-hybridized carbons (Fsp3) is 0.929. The number of aliphatic hydroxyl groups excluding tert-OH is 2. The molecule has 3 atom stereocenters. The molecule has 0 radical (unpaired) electrons. The molecule has 0 spiro atoms. The van der Waals surface area contributed by atoms with Crippen LogP contribution in [0, 0.1) is 0 Å². The zero-order chi connectivity index (χ0) is 14.3. The summed E-state index contributed by atoms with van der Waals surface area (Å²) in [5.74, 6) is -0.00523. The number of hydrogen-bond acceptors (Lipinski definition) is 4. The van der Waals surface area contributed by atoms with E-state index in [0.29, 0.717) is 12.8 Å². The van der Waals surface area contributed by atoms with Gasteiger partial charge in [0, 0.05) is 19.5 Å². The lowest BCUT2D eigenvalue weighted by molar-refractivity contribution is -0.121. The van der Waals surface area contributed by atoms with Crippen LogP contribution in [-0.4, -0.2) is 59.4 Å². The summed E-state index contributed by atoms with van der Waals surface area (Å²) >= 11 is 0. The monoisotopic (exact) mass is 272 g/mol. The third kappa shape index (κ3) is 4.75.